The third-order valence-corrected chi connectivity index (χ3v) is 4.36. The van der Waals surface area contributed by atoms with E-state index in [1.165, 1.54) is 22.7 Å². The molecule has 0 spiro atoms. The van der Waals surface area contributed by atoms with Crippen molar-refractivity contribution in [3.8, 4) is 0 Å². The Morgan fingerprint density at radius 3 is 2.47 bits per heavy atom. The summed E-state index contributed by atoms with van der Waals surface area (Å²) in [6.07, 6.45) is -2.28. The highest BCUT2D eigenvalue weighted by Crippen LogP contribution is 2.31. The van der Waals surface area contributed by atoms with Gasteiger partial charge in [0.15, 0.2) is 0 Å². The van der Waals surface area contributed by atoms with Gasteiger partial charge in [-0.3, -0.25) is 0 Å². The van der Waals surface area contributed by atoms with Gasteiger partial charge >= 0.3 is 6.18 Å². The monoisotopic (exact) mass is 312 g/mol. The molecule has 2 heterocycles. The molecular weight excluding hydrogens is 297 g/mol. The van der Waals surface area contributed by atoms with E-state index in [4.69, 9.17) is 0 Å². The highest BCUT2D eigenvalue weighted by atomic mass is 35.5. The summed E-state index contributed by atoms with van der Waals surface area (Å²) in [5.74, 6) is 0. The van der Waals surface area contributed by atoms with Gasteiger partial charge in [0.25, 0.3) is 0 Å². The van der Waals surface area contributed by atoms with Crippen LogP contribution in [0.5, 0.6) is 0 Å². The topological polar surface area (TPSA) is 17.3 Å². The smallest absolute Gasteiger partial charge is 0.433 e. The fourth-order valence-corrected chi connectivity index (χ4v) is 3.13. The van der Waals surface area contributed by atoms with Crippen LogP contribution < -0.4 is 17.3 Å². The maximum absolute atomic E-state index is 12.5. The molecule has 2 rings (SSSR count). The number of pyridine rings is 1. The largest absolute Gasteiger partial charge is 1.00 e. The molecule has 0 atom stereocenters. The Hall–Kier alpha value is -0.460. The number of nitrogens with one attached hydrogen (secondary N) is 1. The molecule has 1 N–H and O–H groups in total. The summed E-state index contributed by atoms with van der Waals surface area (Å²) >= 11 is 1.47. The van der Waals surface area contributed by atoms with E-state index in [0.29, 0.717) is 10.3 Å². The number of likely N-dealkylation sites (tertiary alicyclic amines) is 1. The lowest BCUT2D eigenvalue weighted by Gasteiger charge is -2.25. The van der Waals surface area contributed by atoms with Crippen molar-refractivity contribution in [1.82, 2.24) is 4.98 Å². The minimum Gasteiger partial charge on any atom is -1.00 e. The molecule has 0 aliphatic carbocycles. The molecule has 0 amide bonds. The van der Waals surface area contributed by atoms with E-state index in [2.05, 4.69) is 12.0 Å². The van der Waals surface area contributed by atoms with Gasteiger partial charge in [-0.2, -0.15) is 13.2 Å². The van der Waals surface area contributed by atoms with Gasteiger partial charge in [0.1, 0.15) is 5.69 Å². The van der Waals surface area contributed by atoms with Crippen LogP contribution in [0.2, 0.25) is 0 Å². The van der Waals surface area contributed by atoms with Gasteiger partial charge in [-0.05, 0) is 12.1 Å². The molecule has 1 aliphatic heterocycles. The van der Waals surface area contributed by atoms with Crippen molar-refractivity contribution in [1.29, 1.82) is 0 Å². The summed E-state index contributed by atoms with van der Waals surface area (Å²) in [4.78, 5) is 5.18. The standard InChI is InChI=1S/C12H15F3N2S.ClH/c1-17-7-5-9(6-8-17)18-11-4-2-3-10(16-11)12(13,14)15;/h2-4,9H,5-8H2,1H3;1H. The lowest BCUT2D eigenvalue weighted by molar-refractivity contribution is -0.884. The van der Waals surface area contributed by atoms with Gasteiger partial charge in [0, 0.05) is 18.1 Å². The highest BCUT2D eigenvalue weighted by molar-refractivity contribution is 7.99. The number of hydrogen-bond acceptors (Lipinski definition) is 2. The first-order chi connectivity index (χ1) is 8.45. The van der Waals surface area contributed by atoms with Crippen LogP contribution in [0.1, 0.15) is 18.5 Å². The number of piperidine rings is 1. The Bertz CT molecular complexity index is 406. The van der Waals surface area contributed by atoms with Crippen LogP contribution in [-0.2, 0) is 6.18 Å². The van der Waals surface area contributed by atoms with Crippen molar-refractivity contribution >= 4 is 11.8 Å². The molecule has 1 aromatic rings. The molecule has 0 unspecified atom stereocenters. The lowest BCUT2D eigenvalue weighted by Crippen LogP contribution is -3.10. The third kappa shape index (κ3) is 4.85. The summed E-state index contributed by atoms with van der Waals surface area (Å²) in [5, 5.41) is 0.874. The first kappa shape index (κ1) is 16.6. The Balaban J connectivity index is 0.00000180. The van der Waals surface area contributed by atoms with Gasteiger partial charge in [0.05, 0.1) is 25.2 Å². The summed E-state index contributed by atoms with van der Waals surface area (Å²) in [6.45, 7) is 2.16. The van der Waals surface area contributed by atoms with Crippen LogP contribution >= 0.6 is 11.8 Å². The van der Waals surface area contributed by atoms with Crippen molar-refractivity contribution in [2.24, 2.45) is 0 Å². The number of alkyl halides is 3. The molecular formula is C12H16ClF3N2S. The normalized spacial score (nSPS) is 23.8. The highest BCUT2D eigenvalue weighted by Gasteiger charge is 2.32. The number of nitrogens with zero attached hydrogens (tertiary/aromatic N) is 1. The van der Waals surface area contributed by atoms with Crippen LogP contribution in [0.15, 0.2) is 23.2 Å². The van der Waals surface area contributed by atoms with Crippen molar-refractivity contribution in [3.05, 3.63) is 23.9 Å². The predicted octanol–water partition coefficient (Wildman–Crippen LogP) is -1.13. The molecule has 1 saturated heterocycles. The summed E-state index contributed by atoms with van der Waals surface area (Å²) in [5.41, 5.74) is -0.800. The lowest BCUT2D eigenvalue weighted by atomic mass is 10.1. The molecule has 7 heteroatoms. The van der Waals surface area contributed by atoms with E-state index in [-0.39, 0.29) is 12.4 Å². The van der Waals surface area contributed by atoms with E-state index >= 15 is 0 Å². The minimum absolute atomic E-state index is 0. The molecule has 0 radical (unpaired) electrons. The maximum atomic E-state index is 12.5. The van der Waals surface area contributed by atoms with E-state index in [0.717, 1.165) is 32.0 Å². The average molecular weight is 313 g/mol. The zero-order valence-corrected chi connectivity index (χ0v) is 12.1. The second-order valence-corrected chi connectivity index (χ2v) is 5.95. The molecule has 0 bridgehead atoms. The van der Waals surface area contributed by atoms with Gasteiger partial charge in [-0.15, -0.1) is 11.8 Å². The Kier molecular flexibility index (Phi) is 5.95. The van der Waals surface area contributed by atoms with Crippen molar-refractivity contribution < 1.29 is 30.5 Å². The fraction of sp³-hybridized carbons (Fsp3) is 0.583. The molecule has 1 fully saturated rings. The first-order valence-corrected chi connectivity index (χ1v) is 6.85. The second kappa shape index (κ2) is 6.81. The fourth-order valence-electron chi connectivity index (χ4n) is 2.01. The van der Waals surface area contributed by atoms with Crippen molar-refractivity contribution in [3.63, 3.8) is 0 Å². The number of quaternary nitrogens is 1. The molecule has 19 heavy (non-hydrogen) atoms. The quantitative estimate of drug-likeness (QED) is 0.745. The maximum Gasteiger partial charge on any atom is 0.433 e. The number of rotatable bonds is 2. The van der Waals surface area contributed by atoms with Crippen molar-refractivity contribution in [2.75, 3.05) is 20.1 Å². The molecule has 2 nitrogen and oxygen atoms in total. The van der Waals surface area contributed by atoms with E-state index in [1.807, 2.05) is 0 Å². The number of thioether (sulfide) groups is 1. The summed E-state index contributed by atoms with van der Waals surface area (Å²) in [7, 11) is 2.14. The van der Waals surface area contributed by atoms with Gasteiger partial charge < -0.3 is 17.3 Å². The molecule has 1 aromatic heterocycles. The zero-order chi connectivity index (χ0) is 13.2. The van der Waals surface area contributed by atoms with Crippen LogP contribution in [0, 0.1) is 0 Å². The van der Waals surface area contributed by atoms with Gasteiger partial charge in [-0.25, -0.2) is 4.98 Å². The van der Waals surface area contributed by atoms with E-state index in [9.17, 15) is 13.2 Å². The van der Waals surface area contributed by atoms with Gasteiger partial charge in [0.2, 0.25) is 0 Å². The molecule has 1 aliphatic rings. The summed E-state index contributed by atoms with van der Waals surface area (Å²) < 4.78 is 37.6. The van der Waals surface area contributed by atoms with Gasteiger partial charge in [-0.1, -0.05) is 6.07 Å². The van der Waals surface area contributed by atoms with Crippen molar-refractivity contribution in [2.45, 2.75) is 29.3 Å². The number of aromatic nitrogens is 1. The Morgan fingerprint density at radius 2 is 1.89 bits per heavy atom. The molecule has 108 valence electrons. The first-order valence-electron chi connectivity index (χ1n) is 5.97. The van der Waals surface area contributed by atoms with Crippen LogP contribution in [-0.4, -0.2) is 30.4 Å². The van der Waals surface area contributed by atoms with Crippen LogP contribution in [0.3, 0.4) is 0 Å². The molecule has 0 saturated carbocycles. The minimum atomic E-state index is -4.35. The Labute approximate surface area is 121 Å². The van der Waals surface area contributed by atoms with E-state index in [1.54, 1.807) is 6.07 Å². The third-order valence-electron chi connectivity index (χ3n) is 3.09. The SMILES string of the molecule is C[NH+]1CCC(Sc2cccc(C(F)(F)F)n2)CC1.[Cl-]. The molecule has 0 aromatic carbocycles. The van der Waals surface area contributed by atoms with Crippen LogP contribution in [0.4, 0.5) is 13.2 Å². The number of hydrogen-bond donors (Lipinski definition) is 1. The predicted molar refractivity (Wildman–Crippen MR) is 64.7 cm³/mol. The second-order valence-electron chi connectivity index (χ2n) is 4.63. The van der Waals surface area contributed by atoms with E-state index < -0.39 is 11.9 Å². The van der Waals surface area contributed by atoms with Crippen LogP contribution in [0.25, 0.3) is 0 Å². The Morgan fingerprint density at radius 1 is 1.26 bits per heavy atom. The zero-order valence-electron chi connectivity index (χ0n) is 10.5. The number of halogens is 4. The summed E-state index contributed by atoms with van der Waals surface area (Å²) in [6, 6.07) is 4.10. The average Bonchev–Trinajstić information content (AvgIpc) is 2.31.